The molecule has 0 saturated heterocycles. The third kappa shape index (κ3) is 4.64. The van der Waals surface area contributed by atoms with Gasteiger partial charge in [0.05, 0.1) is 10.7 Å². The van der Waals surface area contributed by atoms with Gasteiger partial charge in [-0.1, -0.05) is 30.3 Å². The molecule has 2 rings (SSSR count). The van der Waals surface area contributed by atoms with Crippen LogP contribution in [0, 0.1) is 0 Å². The van der Waals surface area contributed by atoms with Crippen LogP contribution in [0.15, 0.2) is 28.2 Å². The van der Waals surface area contributed by atoms with Crippen molar-refractivity contribution < 1.29 is 0 Å². The minimum absolute atomic E-state index is 0.193. The quantitative estimate of drug-likeness (QED) is 0.558. The van der Waals surface area contributed by atoms with Gasteiger partial charge in [0.15, 0.2) is 5.16 Å². The Hall–Kier alpha value is -1.73. The summed E-state index contributed by atoms with van der Waals surface area (Å²) in [5, 5.41) is 4.23. The van der Waals surface area contributed by atoms with Gasteiger partial charge in [0.25, 0.3) is 5.56 Å². The number of hydrogen-bond acceptors (Lipinski definition) is 6. The zero-order valence-corrected chi connectivity index (χ0v) is 13.1. The topological polar surface area (TPSA) is 96.7 Å². The van der Waals surface area contributed by atoms with Crippen molar-refractivity contribution in [1.29, 1.82) is 0 Å². The summed E-state index contributed by atoms with van der Waals surface area (Å²) < 4.78 is 0. The van der Waals surface area contributed by atoms with E-state index in [2.05, 4.69) is 27.2 Å². The minimum atomic E-state index is -0.276. The first-order valence-corrected chi connectivity index (χ1v) is 7.83. The van der Waals surface area contributed by atoms with Gasteiger partial charge in [-0.15, -0.1) is 0 Å². The number of nitrogens with two attached hydrogens (primary N) is 1. The molecule has 0 radical (unpaired) electrons. The lowest BCUT2D eigenvalue weighted by Gasteiger charge is -2.08. The summed E-state index contributed by atoms with van der Waals surface area (Å²) in [6, 6.07) is 4.88. The van der Waals surface area contributed by atoms with Crippen LogP contribution in [-0.4, -0.2) is 21.5 Å². The summed E-state index contributed by atoms with van der Waals surface area (Å²) >= 11 is 7.47. The van der Waals surface area contributed by atoms with Gasteiger partial charge in [-0.3, -0.25) is 4.79 Å². The Bertz CT molecular complexity index is 676. The van der Waals surface area contributed by atoms with Crippen molar-refractivity contribution in [3.63, 3.8) is 0 Å². The SMILES string of the molecule is CCCNc1ccc(Cl)c(CSc2nc(N)cc(=O)[nH]2)n1. The predicted octanol–water partition coefficient (Wildman–Crippen LogP) is 2.51. The van der Waals surface area contributed by atoms with Crippen LogP contribution in [0.25, 0.3) is 0 Å². The second kappa shape index (κ2) is 7.33. The number of nitrogen functional groups attached to an aromatic ring is 1. The van der Waals surface area contributed by atoms with Crippen LogP contribution in [0.2, 0.25) is 5.02 Å². The second-order valence-corrected chi connectivity index (χ2v) is 5.69. The molecule has 4 N–H and O–H groups in total. The number of pyridine rings is 1. The van der Waals surface area contributed by atoms with Crippen molar-refractivity contribution in [2.75, 3.05) is 17.6 Å². The zero-order valence-electron chi connectivity index (χ0n) is 11.5. The fourth-order valence-electron chi connectivity index (χ4n) is 1.60. The Kier molecular flexibility index (Phi) is 5.46. The van der Waals surface area contributed by atoms with E-state index >= 15 is 0 Å². The normalized spacial score (nSPS) is 10.6. The number of nitrogens with one attached hydrogen (secondary N) is 2. The van der Waals surface area contributed by atoms with Gasteiger partial charge >= 0.3 is 0 Å². The lowest BCUT2D eigenvalue weighted by Crippen LogP contribution is -2.09. The fourth-order valence-corrected chi connectivity index (χ4v) is 2.68. The lowest BCUT2D eigenvalue weighted by atomic mass is 10.3. The Morgan fingerprint density at radius 2 is 2.24 bits per heavy atom. The number of thioether (sulfide) groups is 1. The molecule has 0 aliphatic heterocycles. The molecule has 0 aliphatic rings. The van der Waals surface area contributed by atoms with Crippen molar-refractivity contribution in [2.24, 2.45) is 0 Å². The van der Waals surface area contributed by atoms with Crippen molar-refractivity contribution in [3.8, 4) is 0 Å². The van der Waals surface area contributed by atoms with E-state index in [4.69, 9.17) is 17.3 Å². The molecule has 0 saturated carbocycles. The zero-order chi connectivity index (χ0) is 15.2. The highest BCUT2D eigenvalue weighted by molar-refractivity contribution is 7.98. The summed E-state index contributed by atoms with van der Waals surface area (Å²) in [6.07, 6.45) is 1.02. The van der Waals surface area contributed by atoms with Crippen LogP contribution >= 0.6 is 23.4 Å². The van der Waals surface area contributed by atoms with E-state index in [-0.39, 0.29) is 11.4 Å². The van der Waals surface area contributed by atoms with Gasteiger partial charge in [-0.2, -0.15) is 0 Å². The lowest BCUT2D eigenvalue weighted by molar-refractivity contribution is 0.942. The van der Waals surface area contributed by atoms with Crippen molar-refractivity contribution in [1.82, 2.24) is 15.0 Å². The molecule has 0 fully saturated rings. The van der Waals surface area contributed by atoms with Crippen LogP contribution in [0.3, 0.4) is 0 Å². The standard InChI is InChI=1S/C13H16ClN5OS/c1-2-5-16-11-4-3-8(14)9(17-11)7-21-13-18-10(15)6-12(20)19-13/h3-4,6H,2,5,7H2,1H3,(H,16,17)(H3,15,18,19,20). The maximum atomic E-state index is 11.3. The van der Waals surface area contributed by atoms with Crippen molar-refractivity contribution in [2.45, 2.75) is 24.3 Å². The minimum Gasteiger partial charge on any atom is -0.383 e. The molecule has 0 amide bonds. The van der Waals surface area contributed by atoms with E-state index in [0.717, 1.165) is 24.5 Å². The molecule has 2 aromatic heterocycles. The van der Waals surface area contributed by atoms with Crippen LogP contribution in [0.5, 0.6) is 0 Å². The van der Waals surface area contributed by atoms with Crippen LogP contribution < -0.4 is 16.6 Å². The van der Waals surface area contributed by atoms with Gasteiger partial charge in [-0.25, -0.2) is 9.97 Å². The third-order valence-electron chi connectivity index (χ3n) is 2.56. The summed E-state index contributed by atoms with van der Waals surface area (Å²) in [6.45, 7) is 2.94. The van der Waals surface area contributed by atoms with Gasteiger partial charge in [0.1, 0.15) is 11.6 Å². The van der Waals surface area contributed by atoms with Gasteiger partial charge in [0.2, 0.25) is 0 Å². The number of halogens is 1. The highest BCUT2D eigenvalue weighted by Gasteiger charge is 2.07. The van der Waals surface area contributed by atoms with Gasteiger partial charge in [0, 0.05) is 18.4 Å². The fraction of sp³-hybridized carbons (Fsp3) is 0.308. The molecule has 6 nitrogen and oxygen atoms in total. The first-order chi connectivity index (χ1) is 10.1. The summed E-state index contributed by atoms with van der Waals surface area (Å²) in [5.74, 6) is 1.47. The van der Waals surface area contributed by atoms with Gasteiger partial charge in [-0.05, 0) is 18.6 Å². The molecule has 2 heterocycles. The predicted molar refractivity (Wildman–Crippen MR) is 86.9 cm³/mol. The molecular weight excluding hydrogens is 310 g/mol. The van der Waals surface area contributed by atoms with E-state index in [1.54, 1.807) is 6.07 Å². The van der Waals surface area contributed by atoms with E-state index < -0.39 is 0 Å². The molecule has 112 valence electrons. The van der Waals surface area contributed by atoms with Crippen molar-refractivity contribution in [3.05, 3.63) is 39.3 Å². The molecule has 0 spiro atoms. The van der Waals surface area contributed by atoms with Crippen molar-refractivity contribution >= 4 is 35.0 Å². The maximum absolute atomic E-state index is 11.3. The van der Waals surface area contributed by atoms with E-state index in [0.29, 0.717) is 15.9 Å². The molecule has 2 aromatic rings. The maximum Gasteiger partial charge on any atom is 0.253 e. The molecule has 8 heteroatoms. The number of anilines is 2. The molecular formula is C13H16ClN5OS. The Balaban J connectivity index is 2.09. The Labute approximate surface area is 131 Å². The number of aromatic amines is 1. The first kappa shape index (κ1) is 15.7. The molecule has 0 atom stereocenters. The molecule has 0 unspecified atom stereocenters. The summed E-state index contributed by atoms with van der Waals surface area (Å²) in [7, 11) is 0. The number of aromatic nitrogens is 3. The molecule has 0 bridgehead atoms. The monoisotopic (exact) mass is 325 g/mol. The second-order valence-electron chi connectivity index (χ2n) is 4.32. The number of hydrogen-bond donors (Lipinski definition) is 3. The third-order valence-corrected chi connectivity index (χ3v) is 3.79. The summed E-state index contributed by atoms with van der Waals surface area (Å²) in [4.78, 5) is 22.4. The number of nitrogens with zero attached hydrogens (tertiary/aromatic N) is 2. The average molecular weight is 326 g/mol. The smallest absolute Gasteiger partial charge is 0.253 e. The first-order valence-electron chi connectivity index (χ1n) is 6.47. The van der Waals surface area contributed by atoms with E-state index in [1.165, 1.54) is 17.8 Å². The Morgan fingerprint density at radius 3 is 2.95 bits per heavy atom. The van der Waals surface area contributed by atoms with Gasteiger partial charge < -0.3 is 16.0 Å². The Morgan fingerprint density at radius 1 is 1.43 bits per heavy atom. The molecule has 0 aliphatic carbocycles. The molecule has 0 aromatic carbocycles. The molecule has 21 heavy (non-hydrogen) atoms. The van der Waals surface area contributed by atoms with E-state index in [9.17, 15) is 4.79 Å². The number of rotatable bonds is 6. The summed E-state index contributed by atoms with van der Waals surface area (Å²) in [5.41, 5.74) is 6.00. The van der Waals surface area contributed by atoms with E-state index in [1.807, 2.05) is 6.07 Å². The average Bonchev–Trinajstić information content (AvgIpc) is 2.44. The largest absolute Gasteiger partial charge is 0.383 e. The highest BCUT2D eigenvalue weighted by Crippen LogP contribution is 2.24. The highest BCUT2D eigenvalue weighted by atomic mass is 35.5. The van der Waals surface area contributed by atoms with Crippen LogP contribution in [0.4, 0.5) is 11.6 Å². The number of H-pyrrole nitrogens is 1. The van der Waals surface area contributed by atoms with Crippen LogP contribution in [0.1, 0.15) is 19.0 Å². The van der Waals surface area contributed by atoms with Crippen LogP contribution in [-0.2, 0) is 5.75 Å².